The fourth-order valence-corrected chi connectivity index (χ4v) is 4.25. The third-order valence-corrected chi connectivity index (χ3v) is 6.02. The van der Waals surface area contributed by atoms with Crippen LogP contribution in [0.5, 0.6) is 0 Å². The van der Waals surface area contributed by atoms with E-state index in [4.69, 9.17) is 14.8 Å². The van der Waals surface area contributed by atoms with Crippen LogP contribution in [-0.2, 0) is 11.3 Å². The molecule has 0 unspecified atom stereocenters. The molecule has 5 rings (SSSR count). The van der Waals surface area contributed by atoms with Crippen molar-refractivity contribution in [1.82, 2.24) is 19.5 Å². The van der Waals surface area contributed by atoms with E-state index in [1.54, 1.807) is 0 Å². The van der Waals surface area contributed by atoms with E-state index in [-0.39, 0.29) is 6.03 Å². The van der Waals surface area contributed by atoms with Gasteiger partial charge in [-0.05, 0) is 69.0 Å². The molecule has 9 heteroatoms. The number of carbonyl (C=O) groups excluding carboxylic acids is 1. The van der Waals surface area contributed by atoms with Gasteiger partial charge in [0.15, 0.2) is 11.6 Å². The van der Waals surface area contributed by atoms with Crippen molar-refractivity contribution < 1.29 is 9.53 Å². The van der Waals surface area contributed by atoms with E-state index in [0.29, 0.717) is 24.7 Å². The molecule has 2 aromatic carbocycles. The first-order chi connectivity index (χ1) is 17.4. The number of urea groups is 1. The van der Waals surface area contributed by atoms with Crippen molar-refractivity contribution in [3.63, 3.8) is 0 Å². The molecule has 2 amide bonds. The molecule has 0 aliphatic carbocycles. The Morgan fingerprint density at radius 1 is 1.00 bits per heavy atom. The molecule has 1 aliphatic heterocycles. The first-order valence-corrected chi connectivity index (χ1v) is 12.1. The molecule has 0 saturated carbocycles. The van der Waals surface area contributed by atoms with Crippen molar-refractivity contribution in [1.29, 1.82) is 0 Å². The summed E-state index contributed by atoms with van der Waals surface area (Å²) in [7, 11) is 4.11. The number of benzene rings is 2. The number of fused-ring (bicyclic) bond motifs is 1. The maximum atomic E-state index is 12.4. The molecule has 1 saturated heterocycles. The van der Waals surface area contributed by atoms with Gasteiger partial charge in [0.05, 0.1) is 13.2 Å². The molecular formula is C27H31N7O2. The molecule has 3 heterocycles. The minimum Gasteiger partial charge on any atom is -0.378 e. The van der Waals surface area contributed by atoms with E-state index in [0.717, 1.165) is 47.8 Å². The van der Waals surface area contributed by atoms with Crippen LogP contribution in [0.4, 0.5) is 22.0 Å². The van der Waals surface area contributed by atoms with Gasteiger partial charge in [0.1, 0.15) is 5.52 Å². The number of aryl methyl sites for hydroxylation is 1. The lowest BCUT2D eigenvalue weighted by Crippen LogP contribution is -2.37. The quantitative estimate of drug-likeness (QED) is 0.425. The number of nitrogens with zero attached hydrogens (tertiary/aromatic N) is 5. The minimum atomic E-state index is -0.292. The summed E-state index contributed by atoms with van der Waals surface area (Å²) in [4.78, 5) is 21.8. The number of morpholine rings is 1. The monoisotopic (exact) mass is 485 g/mol. The first kappa shape index (κ1) is 23.8. The van der Waals surface area contributed by atoms with Crippen LogP contribution in [0.25, 0.3) is 16.9 Å². The average Bonchev–Trinajstić information content (AvgIpc) is 3.27. The van der Waals surface area contributed by atoms with Crippen molar-refractivity contribution in [2.75, 3.05) is 55.9 Å². The lowest BCUT2D eigenvalue weighted by Gasteiger charge is -2.28. The number of carbonyl (C=O) groups is 1. The van der Waals surface area contributed by atoms with Gasteiger partial charge in [0, 0.05) is 42.8 Å². The van der Waals surface area contributed by atoms with Crippen LogP contribution in [0.1, 0.15) is 11.1 Å². The lowest BCUT2D eigenvalue weighted by atomic mass is 10.2. The highest BCUT2D eigenvalue weighted by Crippen LogP contribution is 2.27. The molecule has 2 aromatic heterocycles. The maximum Gasteiger partial charge on any atom is 0.323 e. The van der Waals surface area contributed by atoms with Crippen LogP contribution in [0.2, 0.25) is 0 Å². The summed E-state index contributed by atoms with van der Waals surface area (Å²) in [5.74, 6) is 1.54. The van der Waals surface area contributed by atoms with Crippen LogP contribution in [0, 0.1) is 6.92 Å². The number of anilines is 3. The molecule has 36 heavy (non-hydrogen) atoms. The normalized spacial score (nSPS) is 13.8. The van der Waals surface area contributed by atoms with Crippen LogP contribution < -0.4 is 15.5 Å². The largest absolute Gasteiger partial charge is 0.378 e. The molecule has 2 N–H and O–H groups in total. The second-order valence-electron chi connectivity index (χ2n) is 9.30. The van der Waals surface area contributed by atoms with Gasteiger partial charge in [-0.3, -0.25) is 0 Å². The van der Waals surface area contributed by atoms with Crippen LogP contribution >= 0.6 is 0 Å². The second kappa shape index (κ2) is 10.3. The number of hydrogen-bond acceptors (Lipinski definition) is 6. The lowest BCUT2D eigenvalue weighted by molar-refractivity contribution is 0.122. The average molecular weight is 486 g/mol. The van der Waals surface area contributed by atoms with Crippen LogP contribution in [0.15, 0.2) is 60.8 Å². The molecule has 1 aliphatic rings. The van der Waals surface area contributed by atoms with Gasteiger partial charge >= 0.3 is 6.03 Å². The molecule has 4 aromatic rings. The summed E-state index contributed by atoms with van der Waals surface area (Å²) < 4.78 is 7.48. The second-order valence-corrected chi connectivity index (χ2v) is 9.30. The first-order valence-electron chi connectivity index (χ1n) is 12.1. The fourth-order valence-electron chi connectivity index (χ4n) is 4.25. The number of amides is 2. The van der Waals surface area contributed by atoms with E-state index < -0.39 is 0 Å². The van der Waals surface area contributed by atoms with Crippen LogP contribution in [0.3, 0.4) is 0 Å². The van der Waals surface area contributed by atoms with Gasteiger partial charge in [0.25, 0.3) is 0 Å². The molecule has 0 atom stereocenters. The minimum absolute atomic E-state index is 0.292. The summed E-state index contributed by atoms with van der Waals surface area (Å²) in [5, 5.41) is 10.5. The Morgan fingerprint density at radius 3 is 2.28 bits per heavy atom. The molecule has 9 nitrogen and oxygen atoms in total. The zero-order chi connectivity index (χ0) is 25.1. The zero-order valence-electron chi connectivity index (χ0n) is 20.9. The smallest absolute Gasteiger partial charge is 0.323 e. The standard InChI is InChI=1S/C27H31N7O2/c1-19-4-8-22(9-5-19)28-27(35)29-23-10-6-21(7-11-23)25-30-26(33-12-14-36-15-13-33)24-16-20(17-32(2)3)18-34(24)31-25/h4-11,16,18H,12-15,17H2,1-3H3,(H2,28,29,35). The van der Waals surface area contributed by atoms with Gasteiger partial charge in [-0.2, -0.15) is 0 Å². The van der Waals surface area contributed by atoms with Gasteiger partial charge in [0.2, 0.25) is 0 Å². The molecule has 1 fully saturated rings. The summed E-state index contributed by atoms with van der Waals surface area (Å²) in [5.41, 5.74) is 5.62. The topological polar surface area (TPSA) is 87.0 Å². The number of nitrogens with one attached hydrogen (secondary N) is 2. The predicted molar refractivity (Wildman–Crippen MR) is 143 cm³/mol. The van der Waals surface area contributed by atoms with Gasteiger partial charge in [-0.1, -0.05) is 17.7 Å². The fraction of sp³-hybridized carbons (Fsp3) is 0.296. The number of aromatic nitrogens is 3. The summed E-state index contributed by atoms with van der Waals surface area (Å²) in [6, 6.07) is 17.1. The molecule has 0 spiro atoms. The van der Waals surface area contributed by atoms with Crippen molar-refractivity contribution in [3.05, 3.63) is 71.9 Å². The van der Waals surface area contributed by atoms with E-state index in [1.807, 2.05) is 60.0 Å². The van der Waals surface area contributed by atoms with Gasteiger partial charge < -0.3 is 25.2 Å². The van der Waals surface area contributed by atoms with Crippen molar-refractivity contribution in [2.24, 2.45) is 0 Å². The Bertz CT molecular complexity index is 1340. The Labute approximate surface area is 210 Å². The molecule has 0 bridgehead atoms. The van der Waals surface area contributed by atoms with E-state index in [2.05, 4.69) is 46.8 Å². The highest BCUT2D eigenvalue weighted by Gasteiger charge is 2.19. The highest BCUT2D eigenvalue weighted by molar-refractivity contribution is 5.99. The van der Waals surface area contributed by atoms with Crippen LogP contribution in [-0.4, -0.2) is 65.9 Å². The zero-order valence-corrected chi connectivity index (χ0v) is 20.9. The van der Waals surface area contributed by atoms with E-state index in [1.165, 1.54) is 5.56 Å². The number of ether oxygens (including phenoxy) is 1. The third kappa shape index (κ3) is 5.48. The summed E-state index contributed by atoms with van der Waals surface area (Å²) in [6.07, 6.45) is 2.07. The van der Waals surface area contributed by atoms with Crippen molar-refractivity contribution in [3.8, 4) is 11.4 Å². The third-order valence-electron chi connectivity index (χ3n) is 6.02. The van der Waals surface area contributed by atoms with E-state index >= 15 is 0 Å². The van der Waals surface area contributed by atoms with Crippen molar-refractivity contribution in [2.45, 2.75) is 13.5 Å². The van der Waals surface area contributed by atoms with E-state index in [9.17, 15) is 4.79 Å². The van der Waals surface area contributed by atoms with Gasteiger partial charge in [-0.15, -0.1) is 5.10 Å². The Kier molecular flexibility index (Phi) is 6.84. The molecule has 0 radical (unpaired) electrons. The van der Waals surface area contributed by atoms with Crippen molar-refractivity contribution >= 4 is 28.7 Å². The number of hydrogen-bond donors (Lipinski definition) is 2. The maximum absolute atomic E-state index is 12.4. The highest BCUT2D eigenvalue weighted by atomic mass is 16.5. The molecular weight excluding hydrogens is 454 g/mol. The number of rotatable bonds is 6. The van der Waals surface area contributed by atoms with Gasteiger partial charge in [-0.25, -0.2) is 14.3 Å². The Hall–Kier alpha value is -3.95. The predicted octanol–water partition coefficient (Wildman–Crippen LogP) is 4.25. The molecule has 186 valence electrons. The SMILES string of the molecule is Cc1ccc(NC(=O)Nc2ccc(-c3nc(N4CCOCC4)c4cc(CN(C)C)cn4n3)cc2)cc1. The summed E-state index contributed by atoms with van der Waals surface area (Å²) >= 11 is 0. The Balaban J connectivity index is 1.38. The Morgan fingerprint density at radius 2 is 1.64 bits per heavy atom. The summed E-state index contributed by atoms with van der Waals surface area (Å²) in [6.45, 7) is 5.78.